The molecule has 13 heavy (non-hydrogen) atoms. The average molecular weight is 297 g/mol. The Kier molecular flexibility index (Phi) is 3.97. The Bertz CT molecular complexity index is 198. The van der Waals surface area contributed by atoms with Gasteiger partial charge in [-0.1, -0.05) is 13.3 Å². The van der Waals surface area contributed by atoms with E-state index in [0.29, 0.717) is 6.42 Å². The molecule has 0 saturated carbocycles. The van der Waals surface area contributed by atoms with E-state index in [4.69, 9.17) is 3.07 Å². The van der Waals surface area contributed by atoms with Gasteiger partial charge in [0.15, 0.2) is 5.72 Å². The number of likely N-dealkylation sites (tertiary alicyclic amines) is 1. The summed E-state index contributed by atoms with van der Waals surface area (Å²) in [4.78, 5) is 13.4. The monoisotopic (exact) mass is 297 g/mol. The van der Waals surface area contributed by atoms with Crippen LogP contribution in [0.4, 0.5) is 0 Å². The predicted molar refractivity (Wildman–Crippen MR) is 59.4 cm³/mol. The molecule has 1 fully saturated rings. The standard InChI is InChI=1S/C9H16INO2/c1-3-4-7-11-8(12)5-6-9(11,2)13-10/h3-7H2,1-2H3. The van der Waals surface area contributed by atoms with Gasteiger partial charge in [0, 0.05) is 19.4 Å². The zero-order valence-corrected chi connectivity index (χ0v) is 10.3. The molecule has 0 aromatic heterocycles. The van der Waals surface area contributed by atoms with Gasteiger partial charge in [0.05, 0.1) is 0 Å². The quantitative estimate of drug-likeness (QED) is 0.746. The first-order valence-corrected chi connectivity index (χ1v) is 5.62. The molecule has 1 atom stereocenters. The topological polar surface area (TPSA) is 29.5 Å². The maximum absolute atomic E-state index is 11.5. The molecule has 1 saturated heterocycles. The third kappa shape index (κ3) is 2.34. The lowest BCUT2D eigenvalue weighted by molar-refractivity contribution is -0.136. The first-order valence-electron chi connectivity index (χ1n) is 4.74. The lowest BCUT2D eigenvalue weighted by Gasteiger charge is -2.32. The molecule has 0 spiro atoms. The normalized spacial score (nSPS) is 28.5. The Balaban J connectivity index is 2.60. The van der Waals surface area contributed by atoms with Crippen LogP contribution < -0.4 is 0 Å². The number of amides is 1. The summed E-state index contributed by atoms with van der Waals surface area (Å²) < 4.78 is 5.35. The minimum atomic E-state index is -0.354. The fourth-order valence-corrected chi connectivity index (χ4v) is 2.09. The third-order valence-corrected chi connectivity index (χ3v) is 3.52. The first kappa shape index (κ1) is 11.2. The van der Waals surface area contributed by atoms with E-state index in [0.717, 1.165) is 25.8 Å². The highest BCUT2D eigenvalue weighted by molar-refractivity contribution is 14.1. The van der Waals surface area contributed by atoms with Crippen LogP contribution in [0.25, 0.3) is 0 Å². The molecule has 1 aliphatic heterocycles. The second-order valence-corrected chi connectivity index (χ2v) is 4.09. The van der Waals surface area contributed by atoms with Crippen LogP contribution in [0.5, 0.6) is 0 Å². The second-order valence-electron chi connectivity index (χ2n) is 3.65. The van der Waals surface area contributed by atoms with Crippen molar-refractivity contribution in [3.63, 3.8) is 0 Å². The van der Waals surface area contributed by atoms with Crippen LogP contribution >= 0.6 is 23.0 Å². The molecule has 0 aromatic carbocycles. The van der Waals surface area contributed by atoms with Gasteiger partial charge in [0.25, 0.3) is 0 Å². The Hall–Kier alpha value is 0.160. The number of halogens is 1. The number of hydrogen-bond acceptors (Lipinski definition) is 2. The molecule has 0 aliphatic carbocycles. The average Bonchev–Trinajstić information content (AvgIpc) is 2.41. The zero-order chi connectivity index (χ0) is 9.90. The summed E-state index contributed by atoms with van der Waals surface area (Å²) >= 11 is 1.89. The van der Waals surface area contributed by atoms with Gasteiger partial charge in [-0.25, -0.2) is 0 Å². The molecule has 0 aromatic rings. The molecule has 1 aliphatic rings. The SMILES string of the molecule is CCCCN1C(=O)CCC1(C)OI. The predicted octanol–water partition coefficient (Wildman–Crippen LogP) is 2.49. The van der Waals surface area contributed by atoms with Crippen molar-refractivity contribution in [2.75, 3.05) is 6.54 Å². The van der Waals surface area contributed by atoms with Gasteiger partial charge in [0.2, 0.25) is 5.91 Å². The highest BCUT2D eigenvalue weighted by Crippen LogP contribution is 2.32. The highest BCUT2D eigenvalue weighted by atomic mass is 127. The van der Waals surface area contributed by atoms with Crippen molar-refractivity contribution in [3.05, 3.63) is 0 Å². The van der Waals surface area contributed by atoms with E-state index in [1.54, 1.807) is 0 Å². The van der Waals surface area contributed by atoms with Crippen LogP contribution in [0, 0.1) is 0 Å². The van der Waals surface area contributed by atoms with Crippen LogP contribution in [-0.4, -0.2) is 23.1 Å². The van der Waals surface area contributed by atoms with Crippen molar-refractivity contribution >= 4 is 28.9 Å². The number of rotatable bonds is 4. The van der Waals surface area contributed by atoms with E-state index in [1.165, 1.54) is 0 Å². The minimum Gasteiger partial charge on any atom is -0.314 e. The van der Waals surface area contributed by atoms with E-state index < -0.39 is 0 Å². The van der Waals surface area contributed by atoms with Gasteiger partial charge in [-0.05, 0) is 13.3 Å². The van der Waals surface area contributed by atoms with Gasteiger partial charge in [0.1, 0.15) is 23.0 Å². The molecule has 1 heterocycles. The maximum Gasteiger partial charge on any atom is 0.225 e. The van der Waals surface area contributed by atoms with Crippen molar-refractivity contribution in [1.29, 1.82) is 0 Å². The molecule has 3 nitrogen and oxygen atoms in total. The van der Waals surface area contributed by atoms with E-state index in [1.807, 2.05) is 34.8 Å². The smallest absolute Gasteiger partial charge is 0.225 e. The minimum absolute atomic E-state index is 0.229. The van der Waals surface area contributed by atoms with Gasteiger partial charge in [-0.3, -0.25) is 7.86 Å². The Morgan fingerprint density at radius 1 is 1.69 bits per heavy atom. The molecular formula is C9H16INO2. The van der Waals surface area contributed by atoms with Crippen molar-refractivity contribution in [3.8, 4) is 0 Å². The number of carbonyl (C=O) groups is 1. The summed E-state index contributed by atoms with van der Waals surface area (Å²) in [6.45, 7) is 4.94. The molecule has 1 unspecified atom stereocenters. The Morgan fingerprint density at radius 3 is 2.92 bits per heavy atom. The summed E-state index contributed by atoms with van der Waals surface area (Å²) in [5.41, 5.74) is -0.354. The Morgan fingerprint density at radius 2 is 2.38 bits per heavy atom. The van der Waals surface area contributed by atoms with E-state index in [-0.39, 0.29) is 11.6 Å². The molecular weight excluding hydrogens is 281 g/mol. The number of hydrogen-bond donors (Lipinski definition) is 0. The molecule has 76 valence electrons. The lowest BCUT2D eigenvalue weighted by Crippen LogP contribution is -2.44. The van der Waals surface area contributed by atoms with Crippen LogP contribution in [0.2, 0.25) is 0 Å². The largest absolute Gasteiger partial charge is 0.314 e. The maximum atomic E-state index is 11.5. The molecule has 1 rings (SSSR count). The summed E-state index contributed by atoms with van der Waals surface area (Å²) in [6, 6.07) is 0. The number of unbranched alkanes of at least 4 members (excludes halogenated alkanes) is 1. The molecule has 0 radical (unpaired) electrons. The summed E-state index contributed by atoms with van der Waals surface area (Å²) in [7, 11) is 0. The summed E-state index contributed by atoms with van der Waals surface area (Å²) in [5.74, 6) is 0.229. The summed E-state index contributed by atoms with van der Waals surface area (Å²) in [5, 5.41) is 0. The fourth-order valence-electron chi connectivity index (χ4n) is 1.63. The van der Waals surface area contributed by atoms with Gasteiger partial charge in [-0.2, -0.15) is 0 Å². The molecule has 4 heteroatoms. The van der Waals surface area contributed by atoms with Gasteiger partial charge < -0.3 is 4.90 Å². The van der Waals surface area contributed by atoms with E-state index in [9.17, 15) is 4.79 Å². The van der Waals surface area contributed by atoms with Gasteiger partial charge in [-0.15, -0.1) is 0 Å². The van der Waals surface area contributed by atoms with Crippen molar-refractivity contribution in [1.82, 2.24) is 4.90 Å². The van der Waals surface area contributed by atoms with Crippen LogP contribution in [-0.2, 0) is 7.86 Å². The van der Waals surface area contributed by atoms with E-state index in [2.05, 4.69) is 6.92 Å². The highest BCUT2D eigenvalue weighted by Gasteiger charge is 2.41. The molecule has 1 amide bonds. The molecule has 0 N–H and O–H groups in total. The lowest BCUT2D eigenvalue weighted by atomic mass is 10.2. The third-order valence-electron chi connectivity index (χ3n) is 2.58. The first-order chi connectivity index (χ1) is 6.14. The fraction of sp³-hybridized carbons (Fsp3) is 0.889. The van der Waals surface area contributed by atoms with Crippen LogP contribution in [0.15, 0.2) is 0 Å². The van der Waals surface area contributed by atoms with Gasteiger partial charge >= 0.3 is 0 Å². The van der Waals surface area contributed by atoms with Crippen molar-refractivity contribution in [2.45, 2.75) is 45.3 Å². The van der Waals surface area contributed by atoms with Crippen molar-refractivity contribution < 1.29 is 7.86 Å². The second kappa shape index (κ2) is 4.59. The number of nitrogens with zero attached hydrogens (tertiary/aromatic N) is 1. The van der Waals surface area contributed by atoms with Crippen LogP contribution in [0.3, 0.4) is 0 Å². The van der Waals surface area contributed by atoms with Crippen LogP contribution in [0.1, 0.15) is 39.5 Å². The van der Waals surface area contributed by atoms with E-state index >= 15 is 0 Å². The van der Waals surface area contributed by atoms with Crippen molar-refractivity contribution in [2.24, 2.45) is 0 Å². The summed E-state index contributed by atoms with van der Waals surface area (Å²) in [6.07, 6.45) is 3.62. The zero-order valence-electron chi connectivity index (χ0n) is 8.18. The molecule has 0 bridgehead atoms. The Labute approximate surface area is 93.5 Å². The number of carbonyl (C=O) groups excluding carboxylic acids is 1.